The Morgan fingerprint density at radius 1 is 0.789 bits per heavy atom. The van der Waals surface area contributed by atoms with E-state index in [-0.39, 0.29) is 179 Å². The fraction of sp³-hybridized carbons (Fsp3) is 0.500. The molecular weight excluding hydrogens is 334 g/mol. The average molecular weight is 348 g/mol. The van der Waals surface area contributed by atoms with Gasteiger partial charge in [0.1, 0.15) is 5.60 Å². The summed E-state index contributed by atoms with van der Waals surface area (Å²) in [5.74, 6) is -5.98. The summed E-state index contributed by atoms with van der Waals surface area (Å²) >= 11 is 0. The van der Waals surface area contributed by atoms with Crippen LogP contribution in [0.1, 0.15) is 12.8 Å². The van der Waals surface area contributed by atoms with Gasteiger partial charge >= 0.3 is 154 Å². The van der Waals surface area contributed by atoms with E-state index >= 15 is 0 Å². The maximum atomic E-state index is 10.1. The summed E-state index contributed by atoms with van der Waals surface area (Å²) in [6.07, 6.45) is -2.72. The van der Waals surface area contributed by atoms with E-state index < -0.39 is 36.4 Å². The molecule has 0 fully saturated rings. The molecule has 0 amide bonds. The van der Waals surface area contributed by atoms with E-state index in [2.05, 4.69) is 0 Å². The van der Waals surface area contributed by atoms with Crippen molar-refractivity contribution in [1.29, 1.82) is 0 Å². The topological polar surface area (TPSA) is 141 Å². The van der Waals surface area contributed by atoms with Crippen LogP contribution in [0, 0.1) is 0 Å². The number of hydrogen-bond acceptors (Lipinski definition) is 7. The normalized spacial score (nSPS) is 7.42. The van der Waals surface area contributed by atoms with E-state index in [1.165, 1.54) is 0 Å². The van der Waals surface area contributed by atoms with Gasteiger partial charge < -0.3 is 34.8 Å². The third kappa shape index (κ3) is 21.5. The second kappa shape index (κ2) is 21.5. The number of carbonyl (C=O) groups is 3. The minimum atomic E-state index is -2.97. The minimum Gasteiger partial charge on any atom is -0.550 e. The molecule has 0 radical (unpaired) electrons. The molecule has 0 bridgehead atoms. The van der Waals surface area contributed by atoms with Crippen molar-refractivity contribution in [3.05, 3.63) is 0 Å². The van der Waals surface area contributed by atoms with Crippen molar-refractivity contribution >= 4 is 43.1 Å². The van der Waals surface area contributed by atoms with E-state index in [9.17, 15) is 29.7 Å². The van der Waals surface area contributed by atoms with Gasteiger partial charge in [-0.1, -0.05) is 0 Å². The second-order valence-electron chi connectivity index (χ2n) is 2.42. The van der Waals surface area contributed by atoms with Crippen LogP contribution < -0.4 is 169 Å². The molecule has 19 heavy (non-hydrogen) atoms. The fourth-order valence-corrected chi connectivity index (χ4v) is 0.684. The predicted molar refractivity (Wildman–Crippen MR) is 59.0 cm³/mol. The predicted octanol–water partition coefficient (Wildman–Crippen LogP) is -17.8. The molecule has 0 atom stereocenters. The maximum Gasteiger partial charge on any atom is 1.00 e. The van der Waals surface area contributed by atoms with E-state index in [1.807, 2.05) is 0 Å². The molecule has 0 unspecified atom stereocenters. The first kappa shape index (κ1) is 43.3. The molecule has 0 saturated carbocycles. The SMILES string of the molecule is B.B.B.O=C([O-])CC(O)(CC(=O)[O-])C(=O)[O-].[K+].[K+].[K+]. The summed E-state index contributed by atoms with van der Waals surface area (Å²) < 4.78 is 0. The van der Waals surface area contributed by atoms with Crippen LogP contribution >= 0.6 is 0 Å². The van der Waals surface area contributed by atoms with Gasteiger partial charge in [-0.2, -0.15) is 0 Å². The standard InChI is InChI=1S/C6H8O7.3BH3.3K/c7-3(8)1-6(13,5(11)12)2-4(9)10;;;;;;/h13H,1-2H2,(H,7,8)(H,9,10)(H,11,12);3*1H3;;;/q;;;;3*+1/p-3. The van der Waals surface area contributed by atoms with Gasteiger partial charge in [-0.05, 0) is 0 Å². The number of carboxylic acids is 3. The summed E-state index contributed by atoms with van der Waals surface area (Å²) in [6, 6.07) is 0. The number of aliphatic hydroxyl groups is 1. The number of carboxylic acid groups (broad SMARTS) is 3. The molecule has 7 nitrogen and oxygen atoms in total. The van der Waals surface area contributed by atoms with Gasteiger partial charge in [-0.25, -0.2) is 0 Å². The van der Waals surface area contributed by atoms with Crippen molar-refractivity contribution in [2.75, 3.05) is 0 Å². The molecule has 0 aliphatic rings. The van der Waals surface area contributed by atoms with Crippen molar-refractivity contribution in [2.45, 2.75) is 18.4 Å². The Kier molecular flexibility index (Phi) is 48.9. The van der Waals surface area contributed by atoms with Crippen LogP contribution in [-0.4, -0.2) is 53.9 Å². The molecule has 0 aromatic heterocycles. The first-order chi connectivity index (χ1) is 5.78. The zero-order valence-corrected chi connectivity index (χ0v) is 18.7. The van der Waals surface area contributed by atoms with Crippen LogP contribution in [-0.2, 0) is 14.4 Å². The van der Waals surface area contributed by atoms with Gasteiger partial charge in [0.2, 0.25) is 0 Å². The summed E-state index contributed by atoms with van der Waals surface area (Å²) in [7, 11) is 0. The van der Waals surface area contributed by atoms with Crippen LogP contribution in [0.5, 0.6) is 0 Å². The molecule has 0 aromatic carbocycles. The number of rotatable bonds is 5. The zero-order chi connectivity index (χ0) is 10.6. The quantitative estimate of drug-likeness (QED) is 0.487. The van der Waals surface area contributed by atoms with Crippen LogP contribution in [0.3, 0.4) is 0 Å². The second-order valence-corrected chi connectivity index (χ2v) is 2.42. The van der Waals surface area contributed by atoms with Gasteiger partial charge in [-0.15, -0.1) is 0 Å². The van der Waals surface area contributed by atoms with E-state index in [0.29, 0.717) is 0 Å². The molecule has 0 heterocycles. The molecular formula is C6H14B3K3O7. The first-order valence-electron chi connectivity index (χ1n) is 3.11. The Balaban J connectivity index is -0.0000000480. The zero-order valence-electron chi connectivity index (χ0n) is 9.31. The third-order valence-electron chi connectivity index (χ3n) is 1.25. The average Bonchev–Trinajstić information content (AvgIpc) is 1.82. The van der Waals surface area contributed by atoms with Gasteiger partial charge in [0.05, 0.1) is 31.2 Å². The third-order valence-corrected chi connectivity index (χ3v) is 1.25. The Morgan fingerprint density at radius 2 is 1.00 bits per heavy atom. The van der Waals surface area contributed by atoms with Crippen molar-refractivity contribution in [2.24, 2.45) is 0 Å². The van der Waals surface area contributed by atoms with E-state index in [0.717, 1.165) is 0 Å². The summed E-state index contributed by atoms with van der Waals surface area (Å²) in [4.78, 5) is 30.0. The Bertz CT molecular complexity index is 250. The Morgan fingerprint density at radius 3 is 1.11 bits per heavy atom. The Labute approximate surface area is 244 Å². The fourth-order valence-electron chi connectivity index (χ4n) is 0.684. The molecule has 0 aromatic rings. The maximum absolute atomic E-state index is 10.1. The van der Waals surface area contributed by atoms with Gasteiger partial charge in [0, 0.05) is 24.8 Å². The van der Waals surface area contributed by atoms with Gasteiger partial charge in [0.25, 0.3) is 0 Å². The molecule has 13 heteroatoms. The van der Waals surface area contributed by atoms with Crippen molar-refractivity contribution in [1.82, 2.24) is 0 Å². The van der Waals surface area contributed by atoms with Gasteiger partial charge in [-0.3, -0.25) is 0 Å². The largest absolute Gasteiger partial charge is 1.00 e. The molecule has 0 saturated heterocycles. The number of carbonyl (C=O) groups excluding carboxylic acids is 3. The molecule has 1 N–H and O–H groups in total. The van der Waals surface area contributed by atoms with Gasteiger partial charge in [0.15, 0.2) is 0 Å². The van der Waals surface area contributed by atoms with Crippen LogP contribution in [0.25, 0.3) is 0 Å². The summed E-state index contributed by atoms with van der Waals surface area (Å²) in [5.41, 5.74) is -2.97. The number of aliphatic carboxylic acids is 3. The Hall–Kier alpha value is 3.47. The van der Waals surface area contributed by atoms with Crippen LogP contribution in [0.15, 0.2) is 0 Å². The molecule has 0 aliphatic carbocycles. The minimum absolute atomic E-state index is 0. The molecule has 0 spiro atoms. The monoisotopic (exact) mass is 348 g/mol. The van der Waals surface area contributed by atoms with E-state index in [1.54, 1.807) is 0 Å². The molecule has 0 aliphatic heterocycles. The van der Waals surface area contributed by atoms with Crippen LogP contribution in [0.4, 0.5) is 0 Å². The first-order valence-corrected chi connectivity index (χ1v) is 3.11. The smallest absolute Gasteiger partial charge is 0.550 e. The van der Waals surface area contributed by atoms with Crippen molar-refractivity contribution in [3.63, 3.8) is 0 Å². The summed E-state index contributed by atoms with van der Waals surface area (Å²) in [6.45, 7) is 0. The van der Waals surface area contributed by atoms with Crippen molar-refractivity contribution in [3.8, 4) is 0 Å². The van der Waals surface area contributed by atoms with Crippen LogP contribution in [0.2, 0.25) is 0 Å². The number of hydrogen-bond donors (Lipinski definition) is 1. The molecule has 0 rings (SSSR count). The van der Waals surface area contributed by atoms with E-state index in [4.69, 9.17) is 5.11 Å². The van der Waals surface area contributed by atoms with Crippen molar-refractivity contribution < 1.29 is 189 Å². The molecule has 92 valence electrons. The summed E-state index contributed by atoms with van der Waals surface area (Å²) in [5, 5.41) is 38.9.